The maximum atomic E-state index is 4.54. The lowest BCUT2D eigenvalue weighted by Crippen LogP contribution is -2.24. The Kier molecular flexibility index (Phi) is 7.29. The van der Waals surface area contributed by atoms with Crippen LogP contribution in [0.25, 0.3) is 22.4 Å². The highest BCUT2D eigenvalue weighted by molar-refractivity contribution is 7.79. The molecule has 10 rings (SSSR count). The second kappa shape index (κ2) is 11.7. The number of aryl methyl sites for hydroxylation is 4. The van der Waals surface area contributed by atoms with E-state index in [1.54, 1.807) is 0 Å². The molecule has 6 aromatic rings. The Labute approximate surface area is 244 Å². The zero-order valence-corrected chi connectivity index (χ0v) is 24.0. The summed E-state index contributed by atoms with van der Waals surface area (Å²) in [6.45, 7) is 0. The van der Waals surface area contributed by atoms with Crippen LogP contribution in [0.2, 0.25) is 0 Å². The zero-order chi connectivity index (χ0) is 27.4. The Balaban J connectivity index is 1.27. The topological polar surface area (TPSA) is 12.9 Å². The molecule has 0 radical (unpaired) electrons. The molecule has 0 fully saturated rings. The summed E-state index contributed by atoms with van der Waals surface area (Å²) in [4.78, 5) is 4.54. The lowest BCUT2D eigenvalue weighted by molar-refractivity contribution is 0.928. The van der Waals surface area contributed by atoms with Gasteiger partial charge in [-0.05, 0) is 95.0 Å². The highest BCUT2D eigenvalue weighted by Gasteiger charge is 2.21. The fourth-order valence-electron chi connectivity index (χ4n) is 5.94. The van der Waals surface area contributed by atoms with Crippen LogP contribution in [0, 0.1) is 0 Å². The van der Waals surface area contributed by atoms with Gasteiger partial charge in [0.15, 0.2) is 0 Å². The van der Waals surface area contributed by atoms with E-state index in [-0.39, 0.29) is 0 Å². The van der Waals surface area contributed by atoms with E-state index < -0.39 is 7.92 Å². The van der Waals surface area contributed by atoms with Crippen molar-refractivity contribution >= 4 is 23.8 Å². The Morgan fingerprint density at radius 1 is 0.463 bits per heavy atom. The van der Waals surface area contributed by atoms with Crippen molar-refractivity contribution in [3.8, 4) is 22.4 Å². The monoisotopic (exact) mass is 545 g/mol. The van der Waals surface area contributed by atoms with E-state index in [4.69, 9.17) is 0 Å². The molecule has 41 heavy (non-hydrogen) atoms. The maximum Gasteiger partial charge on any atom is 0.0701 e. The first kappa shape index (κ1) is 25.6. The summed E-state index contributed by atoms with van der Waals surface area (Å²) in [7, 11) is -0.639. The van der Waals surface area contributed by atoms with Gasteiger partial charge in [-0.15, -0.1) is 0 Å². The third-order valence-corrected chi connectivity index (χ3v) is 10.6. The van der Waals surface area contributed by atoms with E-state index in [1.165, 1.54) is 49.3 Å². The van der Waals surface area contributed by atoms with E-state index in [1.807, 2.05) is 18.3 Å². The van der Waals surface area contributed by atoms with Crippen molar-refractivity contribution in [2.45, 2.75) is 25.7 Å². The molecule has 2 heteroatoms. The van der Waals surface area contributed by atoms with Crippen LogP contribution in [0.1, 0.15) is 22.3 Å². The van der Waals surface area contributed by atoms with Crippen LogP contribution in [0.3, 0.4) is 0 Å². The number of nitrogens with zero attached hydrogens (tertiary/aromatic N) is 1. The van der Waals surface area contributed by atoms with Gasteiger partial charge in [0.1, 0.15) is 0 Å². The third kappa shape index (κ3) is 5.51. The van der Waals surface area contributed by atoms with Gasteiger partial charge in [0.05, 0.1) is 5.69 Å². The molecule has 0 aliphatic heterocycles. The molecule has 4 aliphatic rings. The molecular formula is C39H32NP. The minimum absolute atomic E-state index is 0.639. The lowest BCUT2D eigenvalue weighted by Gasteiger charge is -2.24. The van der Waals surface area contributed by atoms with Gasteiger partial charge < -0.3 is 0 Å². The van der Waals surface area contributed by atoms with Gasteiger partial charge in [0.25, 0.3) is 0 Å². The summed E-state index contributed by atoms with van der Waals surface area (Å²) >= 11 is 0. The van der Waals surface area contributed by atoms with Gasteiger partial charge in [0.2, 0.25) is 0 Å². The number of pyridine rings is 1. The molecule has 0 saturated carbocycles. The average Bonchev–Trinajstić information content (AvgIpc) is 3.04. The van der Waals surface area contributed by atoms with Crippen LogP contribution in [-0.2, 0) is 25.7 Å². The fourth-order valence-corrected chi connectivity index (χ4v) is 8.51. The van der Waals surface area contributed by atoms with Gasteiger partial charge in [0, 0.05) is 11.8 Å². The van der Waals surface area contributed by atoms with Gasteiger partial charge in [-0.25, -0.2) is 0 Å². The van der Waals surface area contributed by atoms with Crippen LogP contribution in [0.15, 0.2) is 146 Å². The molecule has 4 bridgehead atoms. The van der Waals surface area contributed by atoms with Crippen LogP contribution in [-0.4, -0.2) is 4.98 Å². The number of hydrogen-bond acceptors (Lipinski definition) is 1. The quantitative estimate of drug-likeness (QED) is 0.200. The minimum atomic E-state index is -0.639. The van der Waals surface area contributed by atoms with Crippen molar-refractivity contribution in [3.05, 3.63) is 168 Å². The van der Waals surface area contributed by atoms with Crippen LogP contribution in [0.5, 0.6) is 0 Å². The summed E-state index contributed by atoms with van der Waals surface area (Å²) in [5, 5.41) is 4.33. The SMILES string of the molecule is c1ccc(P(c2ccccc2)c2cc3ccc2CCc2ccc(cc2-c2ccc(-c4ccccn4)cc2)CC3)cc1. The number of benzene rings is 5. The highest BCUT2D eigenvalue weighted by atomic mass is 31.1. The summed E-state index contributed by atoms with van der Waals surface area (Å²) in [6.07, 6.45) is 5.96. The first-order valence-corrected chi connectivity index (χ1v) is 15.8. The molecule has 0 spiro atoms. The average molecular weight is 546 g/mol. The van der Waals surface area contributed by atoms with E-state index >= 15 is 0 Å². The molecule has 0 saturated heterocycles. The number of rotatable bonds is 5. The predicted octanol–water partition coefficient (Wildman–Crippen LogP) is 8.06. The molecule has 0 N–H and O–H groups in total. The molecule has 1 heterocycles. The van der Waals surface area contributed by atoms with Gasteiger partial charge >= 0.3 is 0 Å². The third-order valence-electron chi connectivity index (χ3n) is 8.12. The lowest BCUT2D eigenvalue weighted by atomic mass is 9.90. The van der Waals surface area contributed by atoms with Crippen molar-refractivity contribution in [1.82, 2.24) is 4.98 Å². The van der Waals surface area contributed by atoms with E-state index in [0.29, 0.717) is 0 Å². The molecule has 0 atom stereocenters. The fraction of sp³-hybridized carbons (Fsp3) is 0.103. The molecule has 1 aromatic heterocycles. The molecule has 198 valence electrons. The van der Waals surface area contributed by atoms with Gasteiger partial charge in [-0.2, -0.15) is 0 Å². The van der Waals surface area contributed by atoms with Gasteiger partial charge in [-0.1, -0.05) is 127 Å². The zero-order valence-electron chi connectivity index (χ0n) is 23.1. The molecular weight excluding hydrogens is 513 g/mol. The highest BCUT2D eigenvalue weighted by Crippen LogP contribution is 2.36. The van der Waals surface area contributed by atoms with E-state index in [9.17, 15) is 0 Å². The first-order valence-electron chi connectivity index (χ1n) is 14.5. The second-order valence-electron chi connectivity index (χ2n) is 10.8. The largest absolute Gasteiger partial charge is 0.256 e. The van der Waals surface area contributed by atoms with Gasteiger partial charge in [-0.3, -0.25) is 4.98 Å². The minimum Gasteiger partial charge on any atom is -0.256 e. The van der Waals surface area contributed by atoms with E-state index in [2.05, 4.69) is 132 Å². The van der Waals surface area contributed by atoms with Crippen molar-refractivity contribution < 1.29 is 0 Å². The van der Waals surface area contributed by atoms with E-state index in [0.717, 1.165) is 36.9 Å². The summed E-state index contributed by atoms with van der Waals surface area (Å²) in [5.74, 6) is 0. The van der Waals surface area contributed by atoms with Crippen LogP contribution >= 0.6 is 7.92 Å². The van der Waals surface area contributed by atoms with Crippen LogP contribution < -0.4 is 15.9 Å². The molecule has 0 amide bonds. The summed E-state index contributed by atoms with van der Waals surface area (Å²) < 4.78 is 0. The Morgan fingerprint density at radius 3 is 1.71 bits per heavy atom. The predicted molar refractivity (Wildman–Crippen MR) is 175 cm³/mol. The van der Waals surface area contributed by atoms with Crippen molar-refractivity contribution in [1.29, 1.82) is 0 Å². The standard InChI is InChI=1S/C39H32NP/c1-3-9-35(10-4-1)41(36-11-5-2-6-12-36)39-28-30-15-14-29-16-18-31(22-25-34(39)19-17-30)37(27-29)32-20-23-33(24-21-32)38-13-7-8-26-40-38/h1-13,16-21,23-24,26-28H,14-15,22,25H2. The maximum absolute atomic E-state index is 4.54. The summed E-state index contributed by atoms with van der Waals surface area (Å²) in [5.41, 5.74) is 10.5. The molecule has 1 nitrogen and oxygen atoms in total. The normalized spacial score (nSPS) is 12.7. The Hall–Kier alpha value is -4.32. The number of hydrogen-bond donors (Lipinski definition) is 0. The summed E-state index contributed by atoms with van der Waals surface area (Å²) in [6, 6.07) is 51.7. The molecule has 4 aliphatic carbocycles. The van der Waals surface area contributed by atoms with Crippen molar-refractivity contribution in [2.24, 2.45) is 0 Å². The second-order valence-corrected chi connectivity index (χ2v) is 12.9. The molecule has 0 unspecified atom stereocenters. The van der Waals surface area contributed by atoms with Crippen molar-refractivity contribution in [2.75, 3.05) is 0 Å². The Morgan fingerprint density at radius 2 is 1.05 bits per heavy atom. The van der Waals surface area contributed by atoms with Crippen molar-refractivity contribution in [3.63, 3.8) is 0 Å². The van der Waals surface area contributed by atoms with Crippen LogP contribution in [0.4, 0.5) is 0 Å². The molecule has 5 aromatic carbocycles. The first-order chi connectivity index (χ1) is 20.3. The smallest absolute Gasteiger partial charge is 0.0701 e. The Bertz CT molecular complexity index is 1720. The number of aromatic nitrogens is 1.